The van der Waals surface area contributed by atoms with Gasteiger partial charge in [0.1, 0.15) is 0 Å². The predicted octanol–water partition coefficient (Wildman–Crippen LogP) is 0.877. The zero-order valence-corrected chi connectivity index (χ0v) is 11.5. The summed E-state index contributed by atoms with van der Waals surface area (Å²) in [5.41, 5.74) is 0.0485. The van der Waals surface area contributed by atoms with Crippen molar-refractivity contribution in [2.45, 2.75) is 52.6 Å². The molecule has 0 atom stereocenters. The Hall–Kier alpha value is -1.36. The topological polar surface area (TPSA) is 66.9 Å². The number of nitrogens with one attached hydrogen (secondary N) is 2. The van der Waals surface area contributed by atoms with Gasteiger partial charge in [0.25, 0.3) is 5.56 Å². The van der Waals surface area contributed by atoms with Gasteiger partial charge in [-0.2, -0.15) is 0 Å². The van der Waals surface area contributed by atoms with Gasteiger partial charge in [-0.3, -0.25) is 14.3 Å². The molecule has 18 heavy (non-hydrogen) atoms. The summed E-state index contributed by atoms with van der Waals surface area (Å²) in [6, 6.07) is 0.495. The number of aromatic nitrogens is 2. The molecule has 0 aliphatic carbocycles. The van der Waals surface area contributed by atoms with Gasteiger partial charge < -0.3 is 5.32 Å². The van der Waals surface area contributed by atoms with E-state index in [4.69, 9.17) is 0 Å². The Balaban J connectivity index is 2.68. The molecule has 5 heteroatoms. The van der Waals surface area contributed by atoms with Gasteiger partial charge in [-0.15, -0.1) is 0 Å². The van der Waals surface area contributed by atoms with Crippen molar-refractivity contribution in [3.05, 3.63) is 32.6 Å². The highest BCUT2D eigenvalue weighted by Gasteiger charge is 2.04. The fourth-order valence-electron chi connectivity index (χ4n) is 1.94. The molecule has 102 valence electrons. The molecule has 0 saturated heterocycles. The Bertz CT molecular complexity index is 472. The van der Waals surface area contributed by atoms with Gasteiger partial charge in [0.05, 0.1) is 0 Å². The van der Waals surface area contributed by atoms with E-state index in [0.717, 1.165) is 19.4 Å². The van der Waals surface area contributed by atoms with Gasteiger partial charge in [-0.25, -0.2) is 4.79 Å². The number of nitrogens with zero attached hydrogens (tertiary/aromatic N) is 1. The fraction of sp³-hybridized carbons (Fsp3) is 0.692. The number of rotatable bonds is 7. The first-order valence-electron chi connectivity index (χ1n) is 6.68. The fourth-order valence-corrected chi connectivity index (χ4v) is 1.94. The van der Waals surface area contributed by atoms with E-state index in [2.05, 4.69) is 24.1 Å². The van der Waals surface area contributed by atoms with Crippen molar-refractivity contribution in [2.75, 3.05) is 6.54 Å². The maximum atomic E-state index is 11.6. The standard InChI is InChI=1S/C13H23N3O2/c1-4-10-9-16(13(18)15-12(10)17)8-7-14-11(5-2)6-3/h9,11,14H,4-8H2,1-3H3,(H,15,17,18). The van der Waals surface area contributed by atoms with Crippen LogP contribution in [0, 0.1) is 0 Å². The molecule has 1 heterocycles. The third kappa shape index (κ3) is 3.84. The quantitative estimate of drug-likeness (QED) is 0.758. The summed E-state index contributed by atoms with van der Waals surface area (Å²) in [5, 5.41) is 3.40. The lowest BCUT2D eigenvalue weighted by Crippen LogP contribution is -2.36. The van der Waals surface area contributed by atoms with Crippen LogP contribution in [-0.4, -0.2) is 22.1 Å². The average Bonchev–Trinajstić information content (AvgIpc) is 2.37. The van der Waals surface area contributed by atoms with Crippen LogP contribution in [0.4, 0.5) is 0 Å². The summed E-state index contributed by atoms with van der Waals surface area (Å²) in [5.74, 6) is 0. The zero-order valence-electron chi connectivity index (χ0n) is 11.5. The van der Waals surface area contributed by atoms with E-state index in [1.807, 2.05) is 6.92 Å². The monoisotopic (exact) mass is 253 g/mol. The molecule has 0 amide bonds. The van der Waals surface area contributed by atoms with E-state index in [1.165, 1.54) is 0 Å². The molecular formula is C13H23N3O2. The summed E-state index contributed by atoms with van der Waals surface area (Å²) in [6.07, 6.45) is 4.46. The highest BCUT2D eigenvalue weighted by atomic mass is 16.2. The Labute approximate surface area is 107 Å². The number of hydrogen-bond acceptors (Lipinski definition) is 3. The second kappa shape index (κ2) is 7.16. The molecular weight excluding hydrogens is 230 g/mol. The van der Waals surface area contributed by atoms with Crippen molar-refractivity contribution in [1.29, 1.82) is 0 Å². The molecule has 1 rings (SSSR count). The van der Waals surface area contributed by atoms with Crippen molar-refractivity contribution >= 4 is 0 Å². The van der Waals surface area contributed by atoms with Crippen LogP contribution in [0.25, 0.3) is 0 Å². The molecule has 0 fully saturated rings. The van der Waals surface area contributed by atoms with Crippen molar-refractivity contribution in [3.8, 4) is 0 Å². The van der Waals surface area contributed by atoms with Crippen LogP contribution < -0.4 is 16.6 Å². The number of hydrogen-bond donors (Lipinski definition) is 2. The van der Waals surface area contributed by atoms with Crippen LogP contribution >= 0.6 is 0 Å². The van der Waals surface area contributed by atoms with Crippen LogP contribution in [-0.2, 0) is 13.0 Å². The lowest BCUT2D eigenvalue weighted by Gasteiger charge is -2.15. The first-order chi connectivity index (χ1) is 8.62. The van der Waals surface area contributed by atoms with E-state index in [-0.39, 0.29) is 11.2 Å². The van der Waals surface area contributed by atoms with Gasteiger partial charge in [-0.05, 0) is 19.3 Å². The molecule has 0 saturated carbocycles. The number of H-pyrrole nitrogens is 1. The minimum atomic E-state index is -0.330. The SMILES string of the molecule is CCc1cn(CCNC(CC)CC)c(=O)[nH]c1=O. The van der Waals surface area contributed by atoms with Crippen LogP contribution in [0.15, 0.2) is 15.8 Å². The highest BCUT2D eigenvalue weighted by molar-refractivity contribution is 5.03. The molecule has 2 N–H and O–H groups in total. The van der Waals surface area contributed by atoms with Gasteiger partial charge >= 0.3 is 5.69 Å². The molecule has 0 aliphatic rings. The molecule has 1 aromatic rings. The highest BCUT2D eigenvalue weighted by Crippen LogP contribution is 1.95. The van der Waals surface area contributed by atoms with Gasteiger partial charge in [0.2, 0.25) is 0 Å². The molecule has 0 aliphatic heterocycles. The van der Waals surface area contributed by atoms with Crippen LogP contribution in [0.5, 0.6) is 0 Å². The Morgan fingerprint density at radius 2 is 1.94 bits per heavy atom. The lowest BCUT2D eigenvalue weighted by atomic mass is 10.2. The molecule has 0 aromatic carbocycles. The van der Waals surface area contributed by atoms with E-state index >= 15 is 0 Å². The van der Waals surface area contributed by atoms with E-state index in [0.29, 0.717) is 24.6 Å². The second-order valence-electron chi connectivity index (χ2n) is 4.43. The maximum Gasteiger partial charge on any atom is 0.328 e. The first kappa shape index (κ1) is 14.7. The third-order valence-corrected chi connectivity index (χ3v) is 3.24. The summed E-state index contributed by atoms with van der Waals surface area (Å²) < 4.78 is 1.57. The molecule has 0 radical (unpaired) electrons. The minimum absolute atomic E-state index is 0.272. The lowest BCUT2D eigenvalue weighted by molar-refractivity contribution is 0.460. The van der Waals surface area contributed by atoms with Crippen molar-refractivity contribution in [2.24, 2.45) is 0 Å². The van der Waals surface area contributed by atoms with E-state index < -0.39 is 0 Å². The molecule has 0 spiro atoms. The summed E-state index contributed by atoms with van der Waals surface area (Å²) in [7, 11) is 0. The molecule has 0 bridgehead atoms. The van der Waals surface area contributed by atoms with Crippen LogP contribution in [0.2, 0.25) is 0 Å². The first-order valence-corrected chi connectivity index (χ1v) is 6.68. The average molecular weight is 253 g/mol. The predicted molar refractivity (Wildman–Crippen MR) is 73.1 cm³/mol. The molecule has 5 nitrogen and oxygen atoms in total. The van der Waals surface area contributed by atoms with E-state index in [9.17, 15) is 9.59 Å². The van der Waals surface area contributed by atoms with Crippen molar-refractivity contribution in [1.82, 2.24) is 14.9 Å². The molecule has 1 aromatic heterocycles. The van der Waals surface area contributed by atoms with Gasteiger partial charge in [0.15, 0.2) is 0 Å². The van der Waals surface area contributed by atoms with Crippen LogP contribution in [0.3, 0.4) is 0 Å². The Morgan fingerprint density at radius 1 is 1.28 bits per heavy atom. The Kier molecular flexibility index (Phi) is 5.85. The number of aromatic amines is 1. The largest absolute Gasteiger partial charge is 0.328 e. The summed E-state index contributed by atoms with van der Waals surface area (Å²) >= 11 is 0. The smallest absolute Gasteiger partial charge is 0.312 e. The van der Waals surface area contributed by atoms with Gasteiger partial charge in [0, 0.05) is 30.9 Å². The maximum absolute atomic E-state index is 11.6. The normalized spacial score (nSPS) is 11.1. The Morgan fingerprint density at radius 3 is 2.50 bits per heavy atom. The molecule has 0 unspecified atom stereocenters. The summed E-state index contributed by atoms with van der Waals surface area (Å²) in [6.45, 7) is 7.51. The van der Waals surface area contributed by atoms with Crippen LogP contribution in [0.1, 0.15) is 39.2 Å². The minimum Gasteiger partial charge on any atom is -0.312 e. The van der Waals surface area contributed by atoms with E-state index in [1.54, 1.807) is 10.8 Å². The van der Waals surface area contributed by atoms with Crippen molar-refractivity contribution < 1.29 is 0 Å². The second-order valence-corrected chi connectivity index (χ2v) is 4.43. The van der Waals surface area contributed by atoms with Crippen molar-refractivity contribution in [3.63, 3.8) is 0 Å². The zero-order chi connectivity index (χ0) is 13.5. The van der Waals surface area contributed by atoms with Gasteiger partial charge in [-0.1, -0.05) is 20.8 Å². The third-order valence-electron chi connectivity index (χ3n) is 3.24. The number of aryl methyl sites for hydroxylation is 1. The summed E-state index contributed by atoms with van der Waals surface area (Å²) in [4.78, 5) is 25.4.